The fourth-order valence-corrected chi connectivity index (χ4v) is 4.16. The SMILES string of the molecule is COc1ccc(C(=O)/C=C/c2ccc(O[C@@H]3O[C@H](COC(=O)/C=C/c4ccc(O)cc4)[C@@H](O)[C@H](O)[C@H]3O)c(O)c2)c(O)c1O. The minimum absolute atomic E-state index is 0.0101. The second-order valence-corrected chi connectivity index (χ2v) is 9.62. The predicted molar refractivity (Wildman–Crippen MR) is 153 cm³/mol. The van der Waals surface area contributed by atoms with Gasteiger partial charge in [0, 0.05) is 6.08 Å². The minimum Gasteiger partial charge on any atom is -0.508 e. The van der Waals surface area contributed by atoms with Crippen molar-refractivity contribution in [2.24, 2.45) is 0 Å². The number of ketones is 1. The van der Waals surface area contributed by atoms with Gasteiger partial charge in [0.15, 0.2) is 28.8 Å². The summed E-state index contributed by atoms with van der Waals surface area (Å²) in [5.41, 5.74) is 0.776. The van der Waals surface area contributed by atoms with E-state index >= 15 is 0 Å². The predicted octanol–water partition coefficient (Wildman–Crippen LogP) is 1.86. The molecular weight excluding hydrogens is 580 g/mol. The third-order valence-corrected chi connectivity index (χ3v) is 6.62. The highest BCUT2D eigenvalue weighted by Crippen LogP contribution is 2.38. The molecule has 0 spiro atoms. The van der Waals surface area contributed by atoms with Crippen LogP contribution in [0.2, 0.25) is 0 Å². The normalized spacial score (nSPS) is 21.8. The Bertz CT molecular complexity index is 1550. The van der Waals surface area contributed by atoms with Gasteiger partial charge >= 0.3 is 5.97 Å². The number of methoxy groups -OCH3 is 1. The van der Waals surface area contributed by atoms with E-state index in [1.54, 1.807) is 12.1 Å². The average molecular weight is 611 g/mol. The molecule has 1 aliphatic rings. The Labute approximate surface area is 250 Å². The van der Waals surface area contributed by atoms with Crippen LogP contribution in [-0.4, -0.2) is 91.9 Å². The van der Waals surface area contributed by atoms with Crippen LogP contribution in [-0.2, 0) is 14.3 Å². The summed E-state index contributed by atoms with van der Waals surface area (Å²) in [7, 11) is 1.29. The summed E-state index contributed by atoms with van der Waals surface area (Å²) in [6.45, 7) is -0.505. The van der Waals surface area contributed by atoms with Crippen LogP contribution in [0.3, 0.4) is 0 Å². The summed E-state index contributed by atoms with van der Waals surface area (Å²) < 4.78 is 21.0. The molecule has 13 heteroatoms. The monoisotopic (exact) mass is 610 g/mol. The Morgan fingerprint density at radius 3 is 2.14 bits per heavy atom. The molecule has 0 amide bonds. The zero-order valence-corrected chi connectivity index (χ0v) is 23.2. The lowest BCUT2D eigenvalue weighted by atomic mass is 9.99. The Morgan fingerprint density at radius 1 is 0.795 bits per heavy atom. The van der Waals surface area contributed by atoms with Gasteiger partial charge in [-0.25, -0.2) is 4.79 Å². The maximum absolute atomic E-state index is 12.5. The number of allylic oxidation sites excluding steroid dienone is 1. The summed E-state index contributed by atoms with van der Waals surface area (Å²) in [5.74, 6) is -3.21. The second kappa shape index (κ2) is 13.9. The molecule has 1 fully saturated rings. The molecule has 0 unspecified atom stereocenters. The molecule has 1 saturated heterocycles. The molecule has 44 heavy (non-hydrogen) atoms. The first-order valence-corrected chi connectivity index (χ1v) is 13.1. The standard InChI is InChI=1S/C31H30O13/c1-41-23-12-9-19(26(36)27(23)37)20(33)10-4-17-5-11-22(21(34)14-17)43-31-30(40)29(39)28(38)24(44-31)15-42-25(35)13-6-16-2-7-18(32)8-3-16/h2-14,24,28-32,34,36-40H,15H2,1H3/b10-4+,13-6+/t24-,28-,29+,30-,31-/m1/s1. The van der Waals surface area contributed by atoms with E-state index in [1.165, 1.54) is 61.7 Å². The van der Waals surface area contributed by atoms with Gasteiger partial charge in [0.1, 0.15) is 36.8 Å². The van der Waals surface area contributed by atoms with Crippen LogP contribution in [0.15, 0.2) is 66.7 Å². The van der Waals surface area contributed by atoms with Gasteiger partial charge in [0.05, 0.1) is 12.7 Å². The Balaban J connectivity index is 1.38. The summed E-state index contributed by atoms with van der Waals surface area (Å²) in [6, 6.07) is 12.6. The van der Waals surface area contributed by atoms with Crippen LogP contribution in [0.1, 0.15) is 21.5 Å². The Kier molecular flexibility index (Phi) is 10.1. The molecular formula is C31H30O13. The van der Waals surface area contributed by atoms with Crippen molar-refractivity contribution in [1.82, 2.24) is 0 Å². The van der Waals surface area contributed by atoms with Crippen molar-refractivity contribution in [3.8, 4) is 34.5 Å². The molecule has 7 N–H and O–H groups in total. The maximum atomic E-state index is 12.5. The zero-order valence-electron chi connectivity index (χ0n) is 23.2. The lowest BCUT2D eigenvalue weighted by molar-refractivity contribution is -0.278. The topological polar surface area (TPSA) is 213 Å². The molecule has 0 saturated carbocycles. The molecule has 4 rings (SSSR count). The van der Waals surface area contributed by atoms with E-state index in [4.69, 9.17) is 18.9 Å². The van der Waals surface area contributed by atoms with Crippen LogP contribution < -0.4 is 9.47 Å². The highest BCUT2D eigenvalue weighted by Gasteiger charge is 2.45. The van der Waals surface area contributed by atoms with E-state index in [9.17, 15) is 45.3 Å². The molecule has 3 aromatic carbocycles. The molecule has 5 atom stereocenters. The van der Waals surface area contributed by atoms with Crippen molar-refractivity contribution >= 4 is 23.9 Å². The fraction of sp³-hybridized carbons (Fsp3) is 0.226. The second-order valence-electron chi connectivity index (χ2n) is 9.62. The van der Waals surface area contributed by atoms with Crippen LogP contribution in [0.5, 0.6) is 34.5 Å². The Hall–Kier alpha value is -5.08. The number of rotatable bonds is 10. The molecule has 0 radical (unpaired) electrons. The van der Waals surface area contributed by atoms with Gasteiger partial charge in [-0.2, -0.15) is 0 Å². The lowest BCUT2D eigenvalue weighted by Gasteiger charge is -2.39. The summed E-state index contributed by atoms with van der Waals surface area (Å²) >= 11 is 0. The van der Waals surface area contributed by atoms with Crippen molar-refractivity contribution in [2.75, 3.05) is 13.7 Å². The summed E-state index contributed by atoms with van der Waals surface area (Å²) in [5, 5.41) is 70.9. The number of aliphatic hydroxyl groups is 3. The van der Waals surface area contributed by atoms with Crippen molar-refractivity contribution in [1.29, 1.82) is 0 Å². The molecule has 3 aromatic rings. The molecule has 0 aromatic heterocycles. The number of carbonyl (C=O) groups is 2. The van der Waals surface area contributed by atoms with Gasteiger partial charge in [-0.15, -0.1) is 0 Å². The van der Waals surface area contributed by atoms with E-state index in [2.05, 4.69) is 0 Å². The average Bonchev–Trinajstić information content (AvgIpc) is 3.01. The first-order valence-electron chi connectivity index (χ1n) is 13.1. The van der Waals surface area contributed by atoms with E-state index in [0.717, 1.165) is 12.2 Å². The zero-order chi connectivity index (χ0) is 32.0. The number of phenolic OH excluding ortho intramolecular Hbond substituents is 4. The van der Waals surface area contributed by atoms with Gasteiger partial charge in [0.25, 0.3) is 0 Å². The van der Waals surface area contributed by atoms with Crippen LogP contribution in [0, 0.1) is 0 Å². The molecule has 13 nitrogen and oxygen atoms in total. The van der Waals surface area contributed by atoms with Crippen molar-refractivity contribution in [2.45, 2.75) is 30.7 Å². The molecule has 232 valence electrons. The third kappa shape index (κ3) is 7.46. The van der Waals surface area contributed by atoms with E-state index in [-0.39, 0.29) is 22.8 Å². The van der Waals surface area contributed by atoms with Gasteiger partial charge in [0.2, 0.25) is 12.0 Å². The third-order valence-electron chi connectivity index (χ3n) is 6.62. The van der Waals surface area contributed by atoms with Gasteiger partial charge < -0.3 is 54.7 Å². The summed E-state index contributed by atoms with van der Waals surface area (Å²) in [4.78, 5) is 24.7. The smallest absolute Gasteiger partial charge is 0.330 e. The lowest BCUT2D eigenvalue weighted by Crippen LogP contribution is -2.60. The maximum Gasteiger partial charge on any atom is 0.330 e. The van der Waals surface area contributed by atoms with Gasteiger partial charge in [-0.3, -0.25) is 4.79 Å². The molecule has 0 bridgehead atoms. The van der Waals surface area contributed by atoms with E-state index in [1.807, 2.05) is 0 Å². The number of carbonyl (C=O) groups excluding carboxylic acids is 2. The van der Waals surface area contributed by atoms with Crippen LogP contribution in [0.4, 0.5) is 0 Å². The Morgan fingerprint density at radius 2 is 1.45 bits per heavy atom. The molecule has 1 aliphatic heterocycles. The van der Waals surface area contributed by atoms with Crippen molar-refractivity contribution < 1.29 is 64.3 Å². The highest BCUT2D eigenvalue weighted by molar-refractivity contribution is 6.09. The van der Waals surface area contributed by atoms with Gasteiger partial charge in [-0.1, -0.05) is 24.3 Å². The number of hydrogen-bond acceptors (Lipinski definition) is 13. The van der Waals surface area contributed by atoms with Crippen molar-refractivity contribution in [3.63, 3.8) is 0 Å². The quantitative estimate of drug-likeness (QED) is 0.0757. The number of hydrogen-bond donors (Lipinski definition) is 7. The number of esters is 1. The highest BCUT2D eigenvalue weighted by atomic mass is 16.7. The largest absolute Gasteiger partial charge is 0.508 e. The molecule has 0 aliphatic carbocycles. The fourth-order valence-electron chi connectivity index (χ4n) is 4.16. The first kappa shape index (κ1) is 31.8. The number of benzene rings is 3. The van der Waals surface area contributed by atoms with Crippen LogP contribution in [0.25, 0.3) is 12.2 Å². The minimum atomic E-state index is -1.74. The summed E-state index contributed by atoms with van der Waals surface area (Å²) in [6.07, 6.45) is -3.00. The number of phenols is 4. The van der Waals surface area contributed by atoms with E-state index < -0.39 is 66.3 Å². The number of ether oxygens (including phenoxy) is 4. The number of aliphatic hydroxyl groups excluding tert-OH is 3. The van der Waals surface area contributed by atoms with Crippen molar-refractivity contribution in [3.05, 3.63) is 83.4 Å². The van der Waals surface area contributed by atoms with Gasteiger partial charge in [-0.05, 0) is 59.7 Å². The van der Waals surface area contributed by atoms with Crippen LogP contribution >= 0.6 is 0 Å². The first-order chi connectivity index (χ1) is 21.0. The van der Waals surface area contributed by atoms with E-state index in [0.29, 0.717) is 11.1 Å². The number of aromatic hydroxyl groups is 4. The molecule has 1 heterocycles.